The van der Waals surface area contributed by atoms with Crippen molar-refractivity contribution in [2.75, 3.05) is 13.1 Å². The number of carbonyl (C=O) groups is 1. The average Bonchev–Trinajstić information content (AvgIpc) is 2.35. The normalized spacial score (nSPS) is 24.0. The fourth-order valence-corrected chi connectivity index (χ4v) is 2.23. The van der Waals surface area contributed by atoms with Crippen LogP contribution in [0.4, 0.5) is 0 Å². The molecule has 1 aliphatic heterocycles. The van der Waals surface area contributed by atoms with Gasteiger partial charge in [-0.1, -0.05) is 19.1 Å². The van der Waals surface area contributed by atoms with E-state index in [-0.39, 0.29) is 17.7 Å². The second-order valence-corrected chi connectivity index (χ2v) is 5.11. The number of hydrogen-bond donors (Lipinski definition) is 2. The molecular weight excluding hydrogens is 228 g/mol. The molecule has 1 saturated heterocycles. The van der Waals surface area contributed by atoms with Gasteiger partial charge in [-0.15, -0.1) is 0 Å². The van der Waals surface area contributed by atoms with Gasteiger partial charge in [0.25, 0.3) is 0 Å². The van der Waals surface area contributed by atoms with E-state index in [1.807, 2.05) is 4.90 Å². The van der Waals surface area contributed by atoms with Gasteiger partial charge in [0.2, 0.25) is 5.91 Å². The molecule has 4 nitrogen and oxygen atoms in total. The summed E-state index contributed by atoms with van der Waals surface area (Å²) in [6.45, 7) is 3.58. The van der Waals surface area contributed by atoms with Gasteiger partial charge in [0.1, 0.15) is 5.75 Å². The standard InChI is InChI=1S/C14H20N2O2/c1-10-6-7-16(9-13(10)15)14(18)8-11-2-4-12(17)5-3-11/h2-5,10,13,17H,6-9,15H2,1H3. The van der Waals surface area contributed by atoms with Crippen molar-refractivity contribution in [2.24, 2.45) is 11.7 Å². The van der Waals surface area contributed by atoms with Gasteiger partial charge in [-0.05, 0) is 30.0 Å². The van der Waals surface area contributed by atoms with Crippen LogP contribution in [0.15, 0.2) is 24.3 Å². The Bertz CT molecular complexity index is 416. The van der Waals surface area contributed by atoms with Gasteiger partial charge in [0.15, 0.2) is 0 Å². The molecule has 0 radical (unpaired) electrons. The highest BCUT2D eigenvalue weighted by molar-refractivity contribution is 5.79. The van der Waals surface area contributed by atoms with Crippen molar-refractivity contribution in [2.45, 2.75) is 25.8 Å². The van der Waals surface area contributed by atoms with E-state index in [9.17, 15) is 9.90 Å². The maximum atomic E-state index is 12.1. The van der Waals surface area contributed by atoms with E-state index in [1.54, 1.807) is 24.3 Å². The first-order valence-electron chi connectivity index (χ1n) is 6.37. The van der Waals surface area contributed by atoms with Crippen molar-refractivity contribution >= 4 is 5.91 Å². The van der Waals surface area contributed by atoms with Crippen molar-refractivity contribution in [3.8, 4) is 5.75 Å². The Balaban J connectivity index is 1.94. The molecule has 1 heterocycles. The van der Waals surface area contributed by atoms with Crippen LogP contribution < -0.4 is 5.73 Å². The van der Waals surface area contributed by atoms with E-state index in [4.69, 9.17) is 5.73 Å². The fraction of sp³-hybridized carbons (Fsp3) is 0.500. The number of rotatable bonds is 2. The van der Waals surface area contributed by atoms with Crippen molar-refractivity contribution in [1.82, 2.24) is 4.90 Å². The summed E-state index contributed by atoms with van der Waals surface area (Å²) >= 11 is 0. The van der Waals surface area contributed by atoms with Crippen molar-refractivity contribution in [1.29, 1.82) is 0 Å². The molecule has 4 heteroatoms. The number of phenolic OH excluding ortho intramolecular Hbond substituents is 1. The van der Waals surface area contributed by atoms with E-state index < -0.39 is 0 Å². The lowest BCUT2D eigenvalue weighted by Crippen LogP contribution is -2.50. The number of nitrogens with zero attached hydrogens (tertiary/aromatic N) is 1. The number of piperidine rings is 1. The molecule has 0 spiro atoms. The van der Waals surface area contributed by atoms with Crippen LogP contribution in [0, 0.1) is 5.92 Å². The van der Waals surface area contributed by atoms with Gasteiger partial charge < -0.3 is 15.7 Å². The maximum absolute atomic E-state index is 12.1. The van der Waals surface area contributed by atoms with Gasteiger partial charge in [-0.25, -0.2) is 0 Å². The van der Waals surface area contributed by atoms with E-state index in [0.717, 1.165) is 18.5 Å². The zero-order chi connectivity index (χ0) is 13.1. The number of amides is 1. The number of aromatic hydroxyl groups is 1. The van der Waals surface area contributed by atoms with E-state index >= 15 is 0 Å². The highest BCUT2D eigenvalue weighted by Crippen LogP contribution is 2.17. The number of likely N-dealkylation sites (tertiary alicyclic amines) is 1. The van der Waals surface area contributed by atoms with Gasteiger partial charge in [0.05, 0.1) is 6.42 Å². The molecule has 1 aromatic rings. The molecule has 2 atom stereocenters. The Kier molecular flexibility index (Phi) is 3.87. The van der Waals surface area contributed by atoms with Crippen LogP contribution in [0.1, 0.15) is 18.9 Å². The molecule has 0 aromatic heterocycles. The average molecular weight is 248 g/mol. The second-order valence-electron chi connectivity index (χ2n) is 5.11. The van der Waals surface area contributed by atoms with Crippen LogP contribution in [0.5, 0.6) is 5.75 Å². The third-order valence-electron chi connectivity index (χ3n) is 3.66. The lowest BCUT2D eigenvalue weighted by molar-refractivity contribution is -0.132. The van der Waals surface area contributed by atoms with E-state index in [1.165, 1.54) is 0 Å². The topological polar surface area (TPSA) is 66.6 Å². The number of nitrogens with two attached hydrogens (primary N) is 1. The molecule has 0 aliphatic carbocycles. The van der Waals surface area contributed by atoms with Gasteiger partial charge in [-0.2, -0.15) is 0 Å². The summed E-state index contributed by atoms with van der Waals surface area (Å²) < 4.78 is 0. The predicted molar refractivity (Wildman–Crippen MR) is 70.1 cm³/mol. The number of hydrogen-bond acceptors (Lipinski definition) is 3. The number of carbonyl (C=O) groups excluding carboxylic acids is 1. The Morgan fingerprint density at radius 2 is 2.11 bits per heavy atom. The van der Waals surface area contributed by atoms with Crippen LogP contribution in [-0.4, -0.2) is 35.0 Å². The predicted octanol–water partition coefficient (Wildman–Crippen LogP) is 1.13. The Morgan fingerprint density at radius 3 is 2.72 bits per heavy atom. The SMILES string of the molecule is CC1CCN(C(=O)Cc2ccc(O)cc2)CC1N. The second kappa shape index (κ2) is 5.40. The highest BCUT2D eigenvalue weighted by Gasteiger charge is 2.26. The van der Waals surface area contributed by atoms with Crippen LogP contribution in [0.2, 0.25) is 0 Å². The molecule has 1 aromatic carbocycles. The molecule has 1 fully saturated rings. The minimum Gasteiger partial charge on any atom is -0.508 e. The number of phenols is 1. The van der Waals surface area contributed by atoms with Gasteiger partial charge in [-0.3, -0.25) is 4.79 Å². The first-order valence-corrected chi connectivity index (χ1v) is 6.37. The first-order chi connectivity index (χ1) is 8.56. The summed E-state index contributed by atoms with van der Waals surface area (Å²) in [7, 11) is 0. The van der Waals surface area contributed by atoms with Crippen LogP contribution in [-0.2, 0) is 11.2 Å². The summed E-state index contributed by atoms with van der Waals surface area (Å²) in [6, 6.07) is 6.85. The van der Waals surface area contributed by atoms with Crippen molar-refractivity contribution in [3.63, 3.8) is 0 Å². The van der Waals surface area contributed by atoms with Crippen molar-refractivity contribution < 1.29 is 9.90 Å². The maximum Gasteiger partial charge on any atom is 0.227 e. The lowest BCUT2D eigenvalue weighted by atomic mass is 9.94. The van der Waals surface area contributed by atoms with E-state index in [2.05, 4.69) is 6.92 Å². The third kappa shape index (κ3) is 3.01. The fourth-order valence-electron chi connectivity index (χ4n) is 2.23. The minimum absolute atomic E-state index is 0.0857. The number of benzene rings is 1. The molecule has 18 heavy (non-hydrogen) atoms. The Hall–Kier alpha value is -1.55. The van der Waals surface area contributed by atoms with Crippen molar-refractivity contribution in [3.05, 3.63) is 29.8 Å². The zero-order valence-corrected chi connectivity index (χ0v) is 10.7. The largest absolute Gasteiger partial charge is 0.508 e. The summed E-state index contributed by atoms with van der Waals surface area (Å²) in [4.78, 5) is 14.0. The molecule has 2 rings (SSSR count). The summed E-state index contributed by atoms with van der Waals surface area (Å²) in [5.41, 5.74) is 6.91. The quantitative estimate of drug-likeness (QED) is 0.824. The molecule has 98 valence electrons. The van der Waals surface area contributed by atoms with Crippen LogP contribution in [0.25, 0.3) is 0 Å². The Labute approximate surface area is 107 Å². The molecule has 2 unspecified atom stereocenters. The lowest BCUT2D eigenvalue weighted by Gasteiger charge is -2.35. The summed E-state index contributed by atoms with van der Waals surface area (Å²) in [5, 5.41) is 9.19. The van der Waals surface area contributed by atoms with Crippen LogP contribution in [0.3, 0.4) is 0 Å². The van der Waals surface area contributed by atoms with Gasteiger partial charge in [0, 0.05) is 19.1 Å². The minimum atomic E-state index is 0.0857. The molecule has 0 saturated carbocycles. The Morgan fingerprint density at radius 1 is 1.44 bits per heavy atom. The van der Waals surface area contributed by atoms with Crippen LogP contribution >= 0.6 is 0 Å². The molecule has 0 bridgehead atoms. The van der Waals surface area contributed by atoms with E-state index in [0.29, 0.717) is 18.9 Å². The monoisotopic (exact) mass is 248 g/mol. The molecular formula is C14H20N2O2. The smallest absolute Gasteiger partial charge is 0.227 e. The molecule has 1 amide bonds. The highest BCUT2D eigenvalue weighted by atomic mass is 16.3. The summed E-state index contributed by atoms with van der Waals surface area (Å²) in [6.07, 6.45) is 1.35. The summed E-state index contributed by atoms with van der Waals surface area (Å²) in [5.74, 6) is 0.825. The molecule has 3 N–H and O–H groups in total. The first kappa shape index (κ1) is 12.9. The van der Waals surface area contributed by atoms with Gasteiger partial charge >= 0.3 is 0 Å². The third-order valence-corrected chi connectivity index (χ3v) is 3.66. The zero-order valence-electron chi connectivity index (χ0n) is 10.7. The molecule has 1 aliphatic rings.